The van der Waals surface area contributed by atoms with Gasteiger partial charge in [-0.25, -0.2) is 0 Å². The summed E-state index contributed by atoms with van der Waals surface area (Å²) in [5.41, 5.74) is -0.139. The zero-order valence-corrected chi connectivity index (χ0v) is 15.0. The summed E-state index contributed by atoms with van der Waals surface area (Å²) < 4.78 is 6.11. The minimum absolute atomic E-state index is 0.0510. The Kier molecular flexibility index (Phi) is 4.19. The third-order valence-electron chi connectivity index (χ3n) is 4.35. The largest absolute Gasteiger partial charge is 0.454 e. The molecule has 28 heavy (non-hydrogen) atoms. The molecular weight excluding hydrogens is 368 g/mol. The van der Waals surface area contributed by atoms with E-state index in [9.17, 15) is 21.0 Å². The summed E-state index contributed by atoms with van der Waals surface area (Å²) in [6, 6.07) is 22.3. The van der Waals surface area contributed by atoms with Crippen LogP contribution < -0.4 is 15.2 Å². The molecule has 6 heteroatoms. The fraction of sp³-hybridized carbons (Fsp3) is 0. The SMILES string of the molecule is N#CC(C#N)=c1c2c(c(=C(C#N)C#N)c3ccccc13)Sc1ccccc1O2. The third kappa shape index (κ3) is 2.46. The van der Waals surface area contributed by atoms with Gasteiger partial charge in [0, 0.05) is 5.22 Å². The second-order valence-corrected chi connectivity index (χ2v) is 6.85. The lowest BCUT2D eigenvalue weighted by Gasteiger charge is -2.22. The average Bonchev–Trinajstić information content (AvgIpc) is 2.75. The standard InChI is InChI=1S/C22H8N4OS/c23-9-13(10-24)19-15-5-1-2-6-16(15)20(14(11-25)12-26)22-21(19)27-17-7-3-4-8-18(17)28-22/h1-8H. The van der Waals surface area contributed by atoms with E-state index in [1.807, 2.05) is 42.5 Å². The molecular formula is C22H8N4OS. The predicted molar refractivity (Wildman–Crippen MR) is 103 cm³/mol. The van der Waals surface area contributed by atoms with Crippen molar-refractivity contribution in [1.82, 2.24) is 0 Å². The lowest BCUT2D eigenvalue weighted by molar-refractivity contribution is 0.450. The minimum atomic E-state index is -0.0885. The molecule has 128 valence electrons. The van der Waals surface area contributed by atoms with Crippen molar-refractivity contribution in [3.05, 3.63) is 59.0 Å². The van der Waals surface area contributed by atoms with Crippen LogP contribution in [0.25, 0.3) is 21.9 Å². The molecule has 0 saturated heterocycles. The molecule has 3 aromatic carbocycles. The van der Waals surface area contributed by atoms with Gasteiger partial charge in [0.15, 0.2) is 5.75 Å². The highest BCUT2D eigenvalue weighted by Crippen LogP contribution is 2.44. The predicted octanol–water partition coefficient (Wildman–Crippen LogP) is 3.49. The summed E-state index contributed by atoms with van der Waals surface area (Å²) in [4.78, 5) is 1.37. The molecule has 0 spiro atoms. The Labute approximate surface area is 164 Å². The van der Waals surface area contributed by atoms with Crippen LogP contribution in [0.2, 0.25) is 0 Å². The Balaban J connectivity index is 2.36. The van der Waals surface area contributed by atoms with Gasteiger partial charge in [0.25, 0.3) is 0 Å². The van der Waals surface area contributed by atoms with E-state index in [4.69, 9.17) is 4.74 Å². The van der Waals surface area contributed by atoms with Crippen LogP contribution in [0.4, 0.5) is 0 Å². The molecule has 0 aliphatic carbocycles. The average molecular weight is 376 g/mol. The van der Waals surface area contributed by atoms with E-state index in [-0.39, 0.29) is 11.1 Å². The summed E-state index contributed by atoms with van der Waals surface area (Å²) in [7, 11) is 0. The monoisotopic (exact) mass is 376 g/mol. The Morgan fingerprint density at radius 3 is 1.89 bits per heavy atom. The van der Waals surface area contributed by atoms with E-state index in [0.29, 0.717) is 37.6 Å². The van der Waals surface area contributed by atoms with Gasteiger partial charge in [0.05, 0.1) is 15.0 Å². The summed E-state index contributed by atoms with van der Waals surface area (Å²) in [6.45, 7) is 0. The Hall–Kier alpha value is -4.23. The van der Waals surface area contributed by atoms with Gasteiger partial charge in [0.1, 0.15) is 41.2 Å². The smallest absolute Gasteiger partial charge is 0.152 e. The molecule has 0 bridgehead atoms. The first-order valence-electron chi connectivity index (χ1n) is 8.12. The van der Waals surface area contributed by atoms with Gasteiger partial charge in [-0.15, -0.1) is 0 Å². The molecule has 0 saturated carbocycles. The molecule has 1 aliphatic heterocycles. The van der Waals surface area contributed by atoms with E-state index in [0.717, 1.165) is 4.90 Å². The van der Waals surface area contributed by atoms with Gasteiger partial charge in [0.2, 0.25) is 0 Å². The summed E-state index contributed by atoms with van der Waals surface area (Å²) in [5, 5.41) is 40.1. The van der Waals surface area contributed by atoms with E-state index >= 15 is 0 Å². The molecule has 0 radical (unpaired) electrons. The molecule has 5 nitrogen and oxygen atoms in total. The maximum atomic E-state index is 9.54. The highest BCUT2D eigenvalue weighted by Gasteiger charge is 2.25. The second kappa shape index (κ2) is 6.82. The maximum Gasteiger partial charge on any atom is 0.152 e. The van der Waals surface area contributed by atoms with E-state index in [1.54, 1.807) is 30.3 Å². The fourth-order valence-electron chi connectivity index (χ4n) is 3.19. The van der Waals surface area contributed by atoms with Gasteiger partial charge in [-0.1, -0.05) is 48.2 Å². The first-order valence-corrected chi connectivity index (χ1v) is 8.93. The molecule has 0 fully saturated rings. The topological polar surface area (TPSA) is 104 Å². The molecule has 0 unspecified atom stereocenters. The Morgan fingerprint density at radius 1 is 0.714 bits per heavy atom. The number of fused-ring (bicyclic) bond motifs is 3. The summed E-state index contributed by atoms with van der Waals surface area (Å²) in [5.74, 6) is 0.909. The molecule has 0 N–H and O–H groups in total. The number of para-hydroxylation sites is 1. The van der Waals surface area contributed by atoms with Crippen molar-refractivity contribution >= 4 is 33.7 Å². The van der Waals surface area contributed by atoms with Crippen molar-refractivity contribution in [1.29, 1.82) is 21.0 Å². The van der Waals surface area contributed by atoms with Crippen LogP contribution in [-0.2, 0) is 0 Å². The normalized spacial score (nSPS) is 10.9. The molecule has 0 atom stereocenters. The zero-order valence-electron chi connectivity index (χ0n) is 14.2. The lowest BCUT2D eigenvalue weighted by Crippen LogP contribution is -2.23. The number of benzene rings is 3. The van der Waals surface area contributed by atoms with Crippen LogP contribution in [0.15, 0.2) is 58.3 Å². The number of nitrogens with zero attached hydrogens (tertiary/aromatic N) is 4. The first kappa shape index (κ1) is 17.2. The van der Waals surface area contributed by atoms with Crippen molar-refractivity contribution in [2.24, 2.45) is 0 Å². The van der Waals surface area contributed by atoms with Crippen LogP contribution in [0.1, 0.15) is 0 Å². The van der Waals surface area contributed by atoms with Crippen LogP contribution in [0.3, 0.4) is 0 Å². The van der Waals surface area contributed by atoms with Crippen molar-refractivity contribution in [2.45, 2.75) is 9.79 Å². The van der Waals surface area contributed by atoms with Crippen molar-refractivity contribution in [3.8, 4) is 35.8 Å². The van der Waals surface area contributed by atoms with E-state index in [1.165, 1.54) is 11.8 Å². The second-order valence-electron chi connectivity index (χ2n) is 5.80. The van der Waals surface area contributed by atoms with Gasteiger partial charge < -0.3 is 4.74 Å². The quantitative estimate of drug-likeness (QED) is 0.465. The molecule has 3 aromatic rings. The number of ether oxygens (including phenoxy) is 1. The maximum absolute atomic E-state index is 9.54. The highest BCUT2D eigenvalue weighted by molar-refractivity contribution is 7.99. The van der Waals surface area contributed by atoms with E-state index < -0.39 is 0 Å². The molecule has 1 aliphatic rings. The summed E-state index contributed by atoms with van der Waals surface area (Å²) in [6.07, 6.45) is 0. The number of hydrogen-bond acceptors (Lipinski definition) is 6. The highest BCUT2D eigenvalue weighted by atomic mass is 32.2. The first-order chi connectivity index (χ1) is 13.7. The fourth-order valence-corrected chi connectivity index (χ4v) is 4.32. The molecule has 0 amide bonds. The minimum Gasteiger partial charge on any atom is -0.454 e. The van der Waals surface area contributed by atoms with Crippen molar-refractivity contribution in [3.63, 3.8) is 0 Å². The van der Waals surface area contributed by atoms with Crippen molar-refractivity contribution < 1.29 is 4.74 Å². The van der Waals surface area contributed by atoms with Gasteiger partial charge in [-0.3, -0.25) is 0 Å². The third-order valence-corrected chi connectivity index (χ3v) is 5.50. The number of nitriles is 4. The van der Waals surface area contributed by atoms with Crippen LogP contribution in [0.5, 0.6) is 11.5 Å². The molecule has 4 rings (SSSR count). The number of rotatable bonds is 0. The van der Waals surface area contributed by atoms with Crippen LogP contribution >= 0.6 is 11.8 Å². The lowest BCUT2D eigenvalue weighted by atomic mass is 9.99. The molecule has 1 heterocycles. The van der Waals surface area contributed by atoms with Gasteiger partial charge in [-0.2, -0.15) is 21.0 Å². The van der Waals surface area contributed by atoms with Gasteiger partial charge in [-0.05, 0) is 22.9 Å². The summed E-state index contributed by atoms with van der Waals surface area (Å²) >= 11 is 1.36. The molecule has 0 aromatic heterocycles. The van der Waals surface area contributed by atoms with Gasteiger partial charge >= 0.3 is 0 Å². The zero-order chi connectivity index (χ0) is 19.7. The Bertz CT molecular complexity index is 1320. The van der Waals surface area contributed by atoms with Crippen molar-refractivity contribution in [2.75, 3.05) is 0 Å². The Morgan fingerprint density at radius 2 is 1.25 bits per heavy atom. The van der Waals surface area contributed by atoms with Crippen LogP contribution in [-0.4, -0.2) is 0 Å². The number of hydrogen-bond donors (Lipinski definition) is 0. The van der Waals surface area contributed by atoms with E-state index in [2.05, 4.69) is 0 Å². The van der Waals surface area contributed by atoms with Crippen LogP contribution in [0, 0.1) is 45.3 Å².